The van der Waals surface area contributed by atoms with Gasteiger partial charge in [0.25, 0.3) is 0 Å². The van der Waals surface area contributed by atoms with Crippen LogP contribution in [0.15, 0.2) is 48.7 Å². The zero-order valence-corrected chi connectivity index (χ0v) is 24.6. The van der Waals surface area contributed by atoms with Crippen LogP contribution in [0.1, 0.15) is 49.6 Å². The van der Waals surface area contributed by atoms with Gasteiger partial charge in [-0.3, -0.25) is 4.31 Å². The maximum Gasteiger partial charge on any atom is 0.240 e. The second-order valence-electron chi connectivity index (χ2n) is 11.7. The molecule has 0 radical (unpaired) electrons. The summed E-state index contributed by atoms with van der Waals surface area (Å²) in [5.74, 6) is 0.554. The number of fused-ring (bicyclic) bond motifs is 1. The third-order valence-electron chi connectivity index (χ3n) is 7.73. The summed E-state index contributed by atoms with van der Waals surface area (Å²) < 4.78 is 27.4. The normalized spacial score (nSPS) is 16.7. The largest absolute Gasteiger partial charge is 0.369 e. The minimum absolute atomic E-state index is 0.518. The molecule has 0 unspecified atom stereocenters. The first-order valence-corrected chi connectivity index (χ1v) is 15.2. The highest BCUT2D eigenvalue weighted by Crippen LogP contribution is 2.35. The van der Waals surface area contributed by atoms with E-state index in [-0.39, 0.29) is 0 Å². The van der Waals surface area contributed by atoms with Crippen molar-refractivity contribution in [1.29, 1.82) is 0 Å². The lowest BCUT2D eigenvalue weighted by Crippen LogP contribution is -2.45. The highest BCUT2D eigenvalue weighted by Gasteiger charge is 2.37. The Morgan fingerprint density at radius 2 is 1.69 bits per heavy atom. The molecule has 39 heavy (non-hydrogen) atoms. The molecule has 9 heteroatoms. The zero-order valence-electron chi connectivity index (χ0n) is 23.7. The molecular formula is C30H40N6O2S. The zero-order chi connectivity index (χ0) is 27.8. The number of anilines is 4. The van der Waals surface area contributed by atoms with Gasteiger partial charge >= 0.3 is 0 Å². The van der Waals surface area contributed by atoms with E-state index in [4.69, 9.17) is 4.98 Å². The highest BCUT2D eigenvalue weighted by molar-refractivity contribution is 7.94. The third kappa shape index (κ3) is 5.89. The van der Waals surface area contributed by atoms with Crippen LogP contribution in [-0.2, 0) is 22.9 Å². The van der Waals surface area contributed by atoms with Gasteiger partial charge in [-0.1, -0.05) is 12.1 Å². The van der Waals surface area contributed by atoms with Gasteiger partial charge in [-0.25, -0.2) is 18.4 Å². The van der Waals surface area contributed by atoms with Crippen molar-refractivity contribution < 1.29 is 8.42 Å². The summed E-state index contributed by atoms with van der Waals surface area (Å²) in [7, 11) is -1.31. The van der Waals surface area contributed by atoms with Crippen LogP contribution in [-0.4, -0.2) is 67.8 Å². The van der Waals surface area contributed by atoms with E-state index in [1.165, 1.54) is 5.69 Å². The maximum atomic E-state index is 13.3. The summed E-state index contributed by atoms with van der Waals surface area (Å²) in [5.41, 5.74) is 7.02. The Kier molecular flexibility index (Phi) is 7.57. The van der Waals surface area contributed by atoms with Gasteiger partial charge in [0.15, 0.2) is 0 Å². The molecule has 5 rings (SSSR count). The Hall–Kier alpha value is -3.17. The SMILES string of the molecule is Cc1cnc(Nc2ccc(N3CCN(C)CC3)cc2)nc1Cc1ccc2c(c1)N(S(=O)(=O)C(C)(C)C)CCC2. The van der Waals surface area contributed by atoms with Crippen molar-refractivity contribution in [1.82, 2.24) is 14.9 Å². The smallest absolute Gasteiger partial charge is 0.240 e. The second-order valence-corrected chi connectivity index (χ2v) is 14.3. The molecule has 3 heterocycles. The van der Waals surface area contributed by atoms with Crippen molar-refractivity contribution in [3.8, 4) is 0 Å². The standard InChI is InChI=1S/C30H40N6O2S/c1-22-21-31-29(32-25-10-12-26(13-11-25)35-17-15-34(5)16-18-35)33-27(22)19-23-8-9-24-7-6-14-36(28(24)20-23)39(37,38)30(2,3)4/h8-13,20-21H,6-7,14-19H2,1-5H3,(H,31,32,33). The van der Waals surface area contributed by atoms with Crippen LogP contribution in [0.25, 0.3) is 0 Å². The van der Waals surface area contributed by atoms with Crippen molar-refractivity contribution >= 4 is 33.0 Å². The summed E-state index contributed by atoms with van der Waals surface area (Å²) in [6.07, 6.45) is 4.16. The Morgan fingerprint density at radius 1 is 0.974 bits per heavy atom. The predicted octanol–water partition coefficient (Wildman–Crippen LogP) is 4.75. The molecule has 0 aliphatic carbocycles. The Balaban J connectivity index is 1.33. The summed E-state index contributed by atoms with van der Waals surface area (Å²) in [6.45, 7) is 12.1. The molecule has 2 aliphatic rings. The molecule has 0 atom stereocenters. The highest BCUT2D eigenvalue weighted by atomic mass is 32.2. The number of benzene rings is 2. The van der Waals surface area contributed by atoms with Crippen molar-refractivity contribution in [3.63, 3.8) is 0 Å². The van der Waals surface area contributed by atoms with E-state index < -0.39 is 14.8 Å². The van der Waals surface area contributed by atoms with E-state index in [2.05, 4.69) is 63.5 Å². The van der Waals surface area contributed by atoms with Crippen LogP contribution in [0.3, 0.4) is 0 Å². The molecule has 2 aliphatic heterocycles. The van der Waals surface area contributed by atoms with E-state index in [1.54, 1.807) is 25.1 Å². The molecule has 1 saturated heterocycles. The Labute approximate surface area is 233 Å². The second kappa shape index (κ2) is 10.8. The molecule has 1 fully saturated rings. The van der Waals surface area contributed by atoms with E-state index in [0.717, 1.165) is 72.8 Å². The quantitative estimate of drug-likeness (QED) is 0.476. The molecule has 208 valence electrons. The van der Waals surface area contributed by atoms with Crippen LogP contribution in [0.4, 0.5) is 23.0 Å². The predicted molar refractivity (Wildman–Crippen MR) is 160 cm³/mol. The lowest BCUT2D eigenvalue weighted by molar-refractivity contribution is 0.313. The van der Waals surface area contributed by atoms with Crippen LogP contribution >= 0.6 is 0 Å². The molecule has 8 nitrogen and oxygen atoms in total. The average molecular weight is 549 g/mol. The lowest BCUT2D eigenvalue weighted by Gasteiger charge is -2.35. The lowest BCUT2D eigenvalue weighted by atomic mass is 9.98. The van der Waals surface area contributed by atoms with Gasteiger partial charge < -0.3 is 15.1 Å². The van der Waals surface area contributed by atoms with Crippen molar-refractivity contribution in [2.75, 3.05) is 54.3 Å². The number of hydrogen-bond acceptors (Lipinski definition) is 7. The third-order valence-corrected chi connectivity index (χ3v) is 10.2. The number of hydrogen-bond donors (Lipinski definition) is 1. The minimum atomic E-state index is -3.47. The number of nitrogens with zero attached hydrogens (tertiary/aromatic N) is 5. The number of aromatic nitrogens is 2. The molecule has 3 aromatic rings. The summed E-state index contributed by atoms with van der Waals surface area (Å²) >= 11 is 0. The van der Waals surface area contributed by atoms with Crippen LogP contribution < -0.4 is 14.5 Å². The number of sulfonamides is 1. The minimum Gasteiger partial charge on any atom is -0.369 e. The van der Waals surface area contributed by atoms with Gasteiger partial charge in [-0.05, 0) is 94.6 Å². The topological polar surface area (TPSA) is 81.7 Å². The van der Waals surface area contributed by atoms with E-state index in [9.17, 15) is 8.42 Å². The van der Waals surface area contributed by atoms with E-state index >= 15 is 0 Å². The van der Waals surface area contributed by atoms with Crippen molar-refractivity contribution in [2.24, 2.45) is 0 Å². The fourth-order valence-corrected chi connectivity index (χ4v) is 6.60. The first kappa shape index (κ1) is 27.4. The molecule has 2 aromatic carbocycles. The van der Waals surface area contributed by atoms with Crippen LogP contribution in [0.2, 0.25) is 0 Å². The van der Waals surface area contributed by atoms with Crippen molar-refractivity contribution in [3.05, 3.63) is 71.0 Å². The summed E-state index contributed by atoms with van der Waals surface area (Å²) in [6, 6.07) is 14.6. The summed E-state index contributed by atoms with van der Waals surface area (Å²) in [5, 5.41) is 3.35. The van der Waals surface area contributed by atoms with Gasteiger partial charge in [0, 0.05) is 56.7 Å². The fourth-order valence-electron chi connectivity index (χ4n) is 5.14. The first-order chi connectivity index (χ1) is 18.5. The fraction of sp³-hybridized carbons (Fsp3) is 0.467. The average Bonchev–Trinajstić information content (AvgIpc) is 2.90. The number of likely N-dealkylation sites (N-methyl/N-ethyl adjacent to an activating group) is 1. The van der Waals surface area contributed by atoms with E-state index in [0.29, 0.717) is 18.9 Å². The van der Waals surface area contributed by atoms with Gasteiger partial charge in [0.1, 0.15) is 0 Å². The van der Waals surface area contributed by atoms with Gasteiger partial charge in [0.05, 0.1) is 16.1 Å². The molecule has 0 amide bonds. The maximum absolute atomic E-state index is 13.3. The Bertz CT molecular complexity index is 1420. The molecule has 1 N–H and O–H groups in total. The molecule has 0 spiro atoms. The Morgan fingerprint density at radius 3 is 2.38 bits per heavy atom. The molecular weight excluding hydrogens is 508 g/mol. The number of rotatable bonds is 6. The van der Waals surface area contributed by atoms with Gasteiger partial charge in [-0.15, -0.1) is 0 Å². The molecule has 0 bridgehead atoms. The molecule has 1 aromatic heterocycles. The molecule has 0 saturated carbocycles. The number of nitrogens with one attached hydrogen (secondary N) is 1. The monoisotopic (exact) mass is 548 g/mol. The number of aryl methyl sites for hydroxylation is 2. The summed E-state index contributed by atoms with van der Waals surface area (Å²) in [4.78, 5) is 14.1. The van der Waals surface area contributed by atoms with E-state index in [1.807, 2.05) is 19.2 Å². The first-order valence-electron chi connectivity index (χ1n) is 13.8. The van der Waals surface area contributed by atoms with Gasteiger partial charge in [-0.2, -0.15) is 0 Å². The van der Waals surface area contributed by atoms with Gasteiger partial charge in [0.2, 0.25) is 16.0 Å². The van der Waals surface area contributed by atoms with Crippen LogP contribution in [0, 0.1) is 6.92 Å². The van der Waals surface area contributed by atoms with Crippen molar-refractivity contribution in [2.45, 2.75) is 51.7 Å². The van der Waals surface area contributed by atoms with Crippen LogP contribution in [0.5, 0.6) is 0 Å². The number of piperazine rings is 1.